The van der Waals surface area contributed by atoms with Crippen LogP contribution in [0.25, 0.3) is 0 Å². The number of ether oxygens (including phenoxy) is 1. The predicted octanol–water partition coefficient (Wildman–Crippen LogP) is 3.14. The van der Waals surface area contributed by atoms with Gasteiger partial charge in [0.25, 0.3) is 0 Å². The molecule has 3 heteroatoms. The van der Waals surface area contributed by atoms with E-state index in [1.165, 1.54) is 5.56 Å². The summed E-state index contributed by atoms with van der Waals surface area (Å²) in [7, 11) is 0. The fraction of sp³-hybridized carbons (Fsp3) is 0.571. The molecule has 0 N–H and O–H groups in total. The lowest BCUT2D eigenvalue weighted by Crippen LogP contribution is -2.06. The van der Waals surface area contributed by atoms with E-state index in [0.29, 0.717) is 13.0 Å². The van der Waals surface area contributed by atoms with E-state index in [1.54, 1.807) is 12.4 Å². The third-order valence-corrected chi connectivity index (χ3v) is 2.61. The van der Waals surface area contributed by atoms with Crippen molar-refractivity contribution >= 4 is 5.97 Å². The number of unbranched alkanes of at least 4 members (excludes halogenated alkanes) is 2. The van der Waals surface area contributed by atoms with Crippen LogP contribution in [-0.4, -0.2) is 17.6 Å². The molecule has 0 aliphatic carbocycles. The van der Waals surface area contributed by atoms with E-state index in [0.717, 1.165) is 32.1 Å². The summed E-state index contributed by atoms with van der Waals surface area (Å²) >= 11 is 0. The molecule has 0 radical (unpaired) electrons. The van der Waals surface area contributed by atoms with E-state index in [2.05, 4.69) is 11.9 Å². The van der Waals surface area contributed by atoms with Gasteiger partial charge in [0, 0.05) is 18.8 Å². The zero-order valence-electron chi connectivity index (χ0n) is 10.5. The monoisotopic (exact) mass is 235 g/mol. The lowest BCUT2D eigenvalue weighted by atomic mass is 10.1. The van der Waals surface area contributed by atoms with Gasteiger partial charge in [0.1, 0.15) is 0 Å². The lowest BCUT2D eigenvalue weighted by Gasteiger charge is -2.04. The molecule has 0 bridgehead atoms. The molecular formula is C14H21NO2. The molecule has 0 fully saturated rings. The summed E-state index contributed by atoms with van der Waals surface area (Å²) in [5, 5.41) is 0. The SMILES string of the molecule is CCCCCC(=O)OCCCc1ccncc1. The van der Waals surface area contributed by atoms with Crippen molar-refractivity contribution in [2.75, 3.05) is 6.61 Å². The highest BCUT2D eigenvalue weighted by Crippen LogP contribution is 2.03. The summed E-state index contributed by atoms with van der Waals surface area (Å²) in [6.07, 6.45) is 9.12. The van der Waals surface area contributed by atoms with Crippen molar-refractivity contribution in [3.8, 4) is 0 Å². The van der Waals surface area contributed by atoms with Crippen LogP contribution in [0.15, 0.2) is 24.5 Å². The van der Waals surface area contributed by atoms with Gasteiger partial charge in [-0.2, -0.15) is 0 Å². The van der Waals surface area contributed by atoms with Gasteiger partial charge in [0.15, 0.2) is 0 Å². The molecule has 3 nitrogen and oxygen atoms in total. The largest absolute Gasteiger partial charge is 0.466 e. The maximum atomic E-state index is 11.3. The second-order valence-corrected chi connectivity index (χ2v) is 4.14. The molecule has 1 heterocycles. The van der Waals surface area contributed by atoms with Crippen LogP contribution in [0.4, 0.5) is 0 Å². The number of rotatable bonds is 8. The fourth-order valence-corrected chi connectivity index (χ4v) is 1.60. The Morgan fingerprint density at radius 2 is 2.00 bits per heavy atom. The smallest absolute Gasteiger partial charge is 0.305 e. The van der Waals surface area contributed by atoms with Gasteiger partial charge in [0.05, 0.1) is 6.61 Å². The van der Waals surface area contributed by atoms with Gasteiger partial charge < -0.3 is 4.74 Å². The van der Waals surface area contributed by atoms with E-state index in [-0.39, 0.29) is 5.97 Å². The van der Waals surface area contributed by atoms with E-state index in [1.807, 2.05) is 12.1 Å². The summed E-state index contributed by atoms with van der Waals surface area (Å²) in [4.78, 5) is 15.3. The molecule has 0 atom stereocenters. The number of nitrogens with zero attached hydrogens (tertiary/aromatic N) is 1. The fourth-order valence-electron chi connectivity index (χ4n) is 1.60. The Hall–Kier alpha value is -1.38. The predicted molar refractivity (Wildman–Crippen MR) is 67.7 cm³/mol. The van der Waals surface area contributed by atoms with E-state index < -0.39 is 0 Å². The van der Waals surface area contributed by atoms with Gasteiger partial charge in [-0.3, -0.25) is 9.78 Å². The average Bonchev–Trinajstić information content (AvgIpc) is 2.36. The molecule has 0 aliphatic rings. The summed E-state index contributed by atoms with van der Waals surface area (Å²) < 4.78 is 5.16. The van der Waals surface area contributed by atoms with Crippen LogP contribution in [0.3, 0.4) is 0 Å². The van der Waals surface area contributed by atoms with Gasteiger partial charge >= 0.3 is 5.97 Å². The molecule has 1 aromatic rings. The molecule has 1 aromatic heterocycles. The summed E-state index contributed by atoms with van der Waals surface area (Å²) in [6.45, 7) is 2.65. The maximum Gasteiger partial charge on any atom is 0.305 e. The maximum absolute atomic E-state index is 11.3. The summed E-state index contributed by atoms with van der Waals surface area (Å²) in [5.41, 5.74) is 1.24. The molecule has 0 saturated heterocycles. The van der Waals surface area contributed by atoms with Crippen molar-refractivity contribution in [1.82, 2.24) is 4.98 Å². The van der Waals surface area contributed by atoms with Crippen molar-refractivity contribution in [3.63, 3.8) is 0 Å². The Kier molecular flexibility index (Phi) is 7.03. The standard InChI is InChI=1S/C14H21NO2/c1-2-3-4-7-14(16)17-12-5-6-13-8-10-15-11-9-13/h8-11H,2-7,12H2,1H3. The van der Waals surface area contributed by atoms with Gasteiger partial charge in [-0.25, -0.2) is 0 Å². The molecule has 0 spiro atoms. The summed E-state index contributed by atoms with van der Waals surface area (Å²) in [6, 6.07) is 3.98. The average molecular weight is 235 g/mol. The first kappa shape index (κ1) is 13.7. The third-order valence-electron chi connectivity index (χ3n) is 2.61. The molecule has 17 heavy (non-hydrogen) atoms. The van der Waals surface area contributed by atoms with Crippen molar-refractivity contribution < 1.29 is 9.53 Å². The van der Waals surface area contributed by atoms with Crippen LogP contribution in [0, 0.1) is 0 Å². The van der Waals surface area contributed by atoms with Crippen LogP contribution < -0.4 is 0 Å². The van der Waals surface area contributed by atoms with Crippen LogP contribution in [0.2, 0.25) is 0 Å². The molecular weight excluding hydrogens is 214 g/mol. The number of carbonyl (C=O) groups is 1. The number of carbonyl (C=O) groups excluding carboxylic acids is 1. The van der Waals surface area contributed by atoms with Crippen molar-refractivity contribution in [2.24, 2.45) is 0 Å². The molecule has 0 amide bonds. The van der Waals surface area contributed by atoms with Crippen LogP contribution in [-0.2, 0) is 16.0 Å². The Morgan fingerprint density at radius 3 is 2.71 bits per heavy atom. The lowest BCUT2D eigenvalue weighted by molar-refractivity contribution is -0.143. The molecule has 0 unspecified atom stereocenters. The van der Waals surface area contributed by atoms with Gasteiger partial charge in [-0.15, -0.1) is 0 Å². The first-order valence-electron chi connectivity index (χ1n) is 6.37. The molecule has 94 valence electrons. The second-order valence-electron chi connectivity index (χ2n) is 4.14. The minimum absolute atomic E-state index is 0.0619. The minimum Gasteiger partial charge on any atom is -0.466 e. The Morgan fingerprint density at radius 1 is 1.24 bits per heavy atom. The number of aryl methyl sites for hydroxylation is 1. The van der Waals surface area contributed by atoms with Crippen LogP contribution >= 0.6 is 0 Å². The summed E-state index contributed by atoms with van der Waals surface area (Å²) in [5.74, 6) is -0.0619. The first-order chi connectivity index (χ1) is 8.33. The van der Waals surface area contributed by atoms with Crippen molar-refractivity contribution in [2.45, 2.75) is 45.4 Å². The normalized spacial score (nSPS) is 10.2. The first-order valence-corrected chi connectivity index (χ1v) is 6.37. The number of aromatic nitrogens is 1. The number of pyridine rings is 1. The molecule has 1 rings (SSSR count). The number of hydrogen-bond donors (Lipinski definition) is 0. The highest BCUT2D eigenvalue weighted by molar-refractivity contribution is 5.69. The van der Waals surface area contributed by atoms with Crippen LogP contribution in [0.5, 0.6) is 0 Å². The van der Waals surface area contributed by atoms with E-state index in [9.17, 15) is 4.79 Å². The van der Waals surface area contributed by atoms with E-state index >= 15 is 0 Å². The quantitative estimate of drug-likeness (QED) is 0.513. The molecule has 0 aromatic carbocycles. The number of esters is 1. The number of hydrogen-bond acceptors (Lipinski definition) is 3. The highest BCUT2D eigenvalue weighted by atomic mass is 16.5. The van der Waals surface area contributed by atoms with Crippen molar-refractivity contribution in [3.05, 3.63) is 30.1 Å². The Balaban J connectivity index is 2.02. The van der Waals surface area contributed by atoms with Gasteiger partial charge in [0.2, 0.25) is 0 Å². The molecule has 0 saturated carbocycles. The topological polar surface area (TPSA) is 39.2 Å². The highest BCUT2D eigenvalue weighted by Gasteiger charge is 2.01. The third kappa shape index (κ3) is 6.72. The van der Waals surface area contributed by atoms with Gasteiger partial charge in [-0.05, 0) is 37.0 Å². The molecule has 0 aliphatic heterocycles. The van der Waals surface area contributed by atoms with Crippen LogP contribution in [0.1, 0.15) is 44.6 Å². The minimum atomic E-state index is -0.0619. The zero-order chi connectivity index (χ0) is 12.3. The Labute approximate surface area is 103 Å². The zero-order valence-corrected chi connectivity index (χ0v) is 10.5. The van der Waals surface area contributed by atoms with Crippen molar-refractivity contribution in [1.29, 1.82) is 0 Å². The Bertz CT molecular complexity index is 311. The van der Waals surface area contributed by atoms with E-state index in [4.69, 9.17) is 4.74 Å². The van der Waals surface area contributed by atoms with Gasteiger partial charge in [-0.1, -0.05) is 19.8 Å². The second kappa shape index (κ2) is 8.74.